The molecule has 3 aromatic rings. The van der Waals surface area contributed by atoms with E-state index in [2.05, 4.69) is 15.5 Å². The zero-order valence-electron chi connectivity index (χ0n) is 16.2. The number of carbonyl (C=O) groups is 1. The summed E-state index contributed by atoms with van der Waals surface area (Å²) in [5.74, 6) is -0.446. The zero-order chi connectivity index (χ0) is 22.0. The number of amides is 1. The summed E-state index contributed by atoms with van der Waals surface area (Å²) in [5, 5.41) is 11.8. The van der Waals surface area contributed by atoms with Crippen LogP contribution in [0.15, 0.2) is 53.7 Å². The van der Waals surface area contributed by atoms with E-state index >= 15 is 0 Å². The van der Waals surface area contributed by atoms with Crippen molar-refractivity contribution in [2.24, 2.45) is 0 Å². The van der Waals surface area contributed by atoms with Gasteiger partial charge in [0.05, 0.1) is 28.0 Å². The maximum absolute atomic E-state index is 14.6. The van der Waals surface area contributed by atoms with E-state index in [-0.39, 0.29) is 34.9 Å². The number of para-hydroxylation sites is 1. The van der Waals surface area contributed by atoms with Crippen molar-refractivity contribution in [1.82, 2.24) is 20.1 Å². The highest BCUT2D eigenvalue weighted by Crippen LogP contribution is 2.32. The van der Waals surface area contributed by atoms with Gasteiger partial charge in [-0.2, -0.15) is 0 Å². The molecular formula is C20H18ClFN4O3S2. The Labute approximate surface area is 187 Å². The van der Waals surface area contributed by atoms with Gasteiger partial charge >= 0.3 is 0 Å². The lowest BCUT2D eigenvalue weighted by Crippen LogP contribution is -2.36. The van der Waals surface area contributed by atoms with Crippen LogP contribution >= 0.6 is 23.4 Å². The quantitative estimate of drug-likeness (QED) is 0.545. The van der Waals surface area contributed by atoms with Crippen LogP contribution in [0.3, 0.4) is 0 Å². The highest BCUT2D eigenvalue weighted by Gasteiger charge is 2.29. The van der Waals surface area contributed by atoms with Crippen molar-refractivity contribution in [2.75, 3.05) is 17.3 Å². The van der Waals surface area contributed by atoms with Crippen LogP contribution in [0, 0.1) is 5.82 Å². The van der Waals surface area contributed by atoms with Crippen molar-refractivity contribution in [2.45, 2.75) is 17.6 Å². The number of carbonyl (C=O) groups excluding carboxylic acids is 1. The Kier molecular flexibility index (Phi) is 6.31. The van der Waals surface area contributed by atoms with Gasteiger partial charge in [0.2, 0.25) is 5.91 Å². The van der Waals surface area contributed by atoms with Crippen LogP contribution < -0.4 is 5.32 Å². The molecule has 1 aliphatic rings. The van der Waals surface area contributed by atoms with Crippen molar-refractivity contribution in [1.29, 1.82) is 0 Å². The van der Waals surface area contributed by atoms with E-state index in [0.717, 1.165) is 11.8 Å². The molecule has 1 aromatic heterocycles. The van der Waals surface area contributed by atoms with Gasteiger partial charge in [-0.1, -0.05) is 47.6 Å². The van der Waals surface area contributed by atoms with Gasteiger partial charge in [-0.3, -0.25) is 9.36 Å². The van der Waals surface area contributed by atoms with Gasteiger partial charge in [0, 0.05) is 11.6 Å². The van der Waals surface area contributed by atoms with Crippen LogP contribution in [0.4, 0.5) is 4.39 Å². The Morgan fingerprint density at radius 1 is 1.19 bits per heavy atom. The number of hydrogen-bond acceptors (Lipinski definition) is 6. The first-order valence-corrected chi connectivity index (χ1v) is 12.6. The summed E-state index contributed by atoms with van der Waals surface area (Å²) in [4.78, 5) is 12.3. The second kappa shape index (κ2) is 8.97. The van der Waals surface area contributed by atoms with Crippen LogP contribution in [0.1, 0.15) is 6.42 Å². The lowest BCUT2D eigenvalue weighted by molar-refractivity contribution is -0.119. The number of nitrogens with zero attached hydrogens (tertiary/aromatic N) is 3. The van der Waals surface area contributed by atoms with Gasteiger partial charge in [-0.05, 0) is 30.7 Å². The number of hydrogen-bond donors (Lipinski definition) is 1. The molecule has 2 aromatic carbocycles. The number of aromatic nitrogens is 3. The summed E-state index contributed by atoms with van der Waals surface area (Å²) in [6.45, 7) is 0. The summed E-state index contributed by atoms with van der Waals surface area (Å²) >= 11 is 7.40. The van der Waals surface area contributed by atoms with Crippen molar-refractivity contribution in [3.63, 3.8) is 0 Å². The molecule has 1 saturated heterocycles. The molecule has 0 saturated carbocycles. The third kappa shape index (κ3) is 4.91. The molecular weight excluding hydrogens is 463 g/mol. The summed E-state index contributed by atoms with van der Waals surface area (Å²) in [7, 11) is -3.09. The highest BCUT2D eigenvalue weighted by atomic mass is 35.5. The molecule has 0 radical (unpaired) electrons. The minimum absolute atomic E-state index is 0.0222. The Balaban J connectivity index is 1.60. The number of benzene rings is 2. The average Bonchev–Trinajstić information content (AvgIpc) is 3.29. The molecule has 4 rings (SSSR count). The monoisotopic (exact) mass is 480 g/mol. The second-order valence-electron chi connectivity index (χ2n) is 7.03. The van der Waals surface area contributed by atoms with Gasteiger partial charge in [0.1, 0.15) is 5.82 Å². The first kappa shape index (κ1) is 21.8. The fraction of sp³-hybridized carbons (Fsp3) is 0.250. The van der Waals surface area contributed by atoms with Crippen LogP contribution in [0.2, 0.25) is 5.02 Å². The minimum Gasteiger partial charge on any atom is -0.352 e. The predicted octanol–water partition coefficient (Wildman–Crippen LogP) is 3.12. The molecule has 1 fully saturated rings. The summed E-state index contributed by atoms with van der Waals surface area (Å²) < 4.78 is 39.3. The predicted molar refractivity (Wildman–Crippen MR) is 118 cm³/mol. The molecule has 31 heavy (non-hydrogen) atoms. The summed E-state index contributed by atoms with van der Waals surface area (Å²) in [6.07, 6.45) is 0.404. The van der Waals surface area contributed by atoms with E-state index in [9.17, 15) is 17.6 Å². The minimum atomic E-state index is -3.09. The lowest BCUT2D eigenvalue weighted by atomic mass is 10.2. The molecule has 0 aliphatic carbocycles. The van der Waals surface area contributed by atoms with E-state index < -0.39 is 15.7 Å². The van der Waals surface area contributed by atoms with Crippen LogP contribution in [0.5, 0.6) is 0 Å². The standard InChI is InChI=1S/C20H18ClFN4O3S2/c21-15-6-2-1-5-14(15)19-24-25-20(26(19)17-8-4-3-7-16(17)22)30-11-18(27)23-13-9-10-31(28,29)12-13/h1-8,13H,9-12H2,(H,23,27). The smallest absolute Gasteiger partial charge is 0.230 e. The molecule has 2 heterocycles. The number of sulfone groups is 1. The Bertz CT molecular complexity index is 1230. The Morgan fingerprint density at radius 3 is 2.65 bits per heavy atom. The maximum atomic E-state index is 14.6. The van der Waals surface area contributed by atoms with Gasteiger partial charge in [-0.15, -0.1) is 10.2 Å². The first-order valence-electron chi connectivity index (χ1n) is 9.42. The van der Waals surface area contributed by atoms with Gasteiger partial charge in [-0.25, -0.2) is 12.8 Å². The molecule has 0 spiro atoms. The third-order valence-corrected chi connectivity index (χ3v) is 7.80. The largest absolute Gasteiger partial charge is 0.352 e. The number of thioether (sulfide) groups is 1. The van der Waals surface area contributed by atoms with Crippen molar-refractivity contribution >= 4 is 39.1 Å². The number of rotatable bonds is 6. The van der Waals surface area contributed by atoms with E-state index in [1.807, 2.05) is 0 Å². The fourth-order valence-corrected chi connectivity index (χ4v) is 5.99. The molecule has 1 aliphatic heterocycles. The zero-order valence-corrected chi connectivity index (χ0v) is 18.6. The maximum Gasteiger partial charge on any atom is 0.230 e. The molecule has 1 atom stereocenters. The topological polar surface area (TPSA) is 93.9 Å². The van der Waals surface area contributed by atoms with Crippen LogP contribution in [-0.2, 0) is 14.6 Å². The Hall–Kier alpha value is -2.43. The molecule has 162 valence electrons. The van der Waals surface area contributed by atoms with E-state index in [0.29, 0.717) is 28.0 Å². The number of halogens is 2. The number of nitrogens with one attached hydrogen (secondary N) is 1. The summed E-state index contributed by atoms with van der Waals surface area (Å²) in [5.41, 5.74) is 0.805. The van der Waals surface area contributed by atoms with Crippen LogP contribution in [-0.4, -0.2) is 52.4 Å². The third-order valence-electron chi connectivity index (χ3n) is 4.77. The van der Waals surface area contributed by atoms with Crippen molar-refractivity contribution in [3.8, 4) is 17.1 Å². The van der Waals surface area contributed by atoms with Gasteiger partial charge in [0.25, 0.3) is 0 Å². The van der Waals surface area contributed by atoms with Crippen LogP contribution in [0.25, 0.3) is 17.1 Å². The molecule has 7 nitrogen and oxygen atoms in total. The normalized spacial score (nSPS) is 17.5. The van der Waals surface area contributed by atoms with E-state index in [4.69, 9.17) is 11.6 Å². The second-order valence-corrected chi connectivity index (χ2v) is 10.6. The molecule has 1 N–H and O–H groups in total. The van der Waals surface area contributed by atoms with Crippen molar-refractivity contribution < 1.29 is 17.6 Å². The van der Waals surface area contributed by atoms with Crippen molar-refractivity contribution in [3.05, 3.63) is 59.4 Å². The van der Waals surface area contributed by atoms with E-state index in [1.165, 1.54) is 10.6 Å². The lowest BCUT2D eigenvalue weighted by Gasteiger charge is -2.13. The molecule has 1 amide bonds. The van der Waals surface area contributed by atoms with Gasteiger partial charge in [0.15, 0.2) is 20.8 Å². The fourth-order valence-electron chi connectivity index (χ4n) is 3.34. The summed E-state index contributed by atoms with van der Waals surface area (Å²) in [6, 6.07) is 12.8. The molecule has 11 heteroatoms. The molecule has 0 bridgehead atoms. The van der Waals surface area contributed by atoms with E-state index in [1.54, 1.807) is 42.5 Å². The highest BCUT2D eigenvalue weighted by molar-refractivity contribution is 7.99. The van der Waals surface area contributed by atoms with Gasteiger partial charge < -0.3 is 5.32 Å². The average molecular weight is 481 g/mol. The first-order chi connectivity index (χ1) is 14.8. The Morgan fingerprint density at radius 2 is 1.94 bits per heavy atom. The molecule has 1 unspecified atom stereocenters. The SMILES string of the molecule is O=C(CSc1nnc(-c2ccccc2Cl)n1-c1ccccc1F)NC1CCS(=O)(=O)C1.